The molecule has 0 radical (unpaired) electrons. The van der Waals surface area contributed by atoms with E-state index in [1.54, 1.807) is 14.2 Å². The fourth-order valence-electron chi connectivity index (χ4n) is 3.87. The maximum atomic E-state index is 5.67. The molecule has 0 bridgehead atoms. The van der Waals surface area contributed by atoms with Gasteiger partial charge in [-0.2, -0.15) is 0 Å². The lowest BCUT2D eigenvalue weighted by Crippen LogP contribution is -2.16. The quantitative estimate of drug-likeness (QED) is 0.725. The second-order valence-corrected chi connectivity index (χ2v) is 6.86. The number of methoxy groups -OCH3 is 2. The van der Waals surface area contributed by atoms with Gasteiger partial charge in [-0.15, -0.1) is 0 Å². The van der Waals surface area contributed by atoms with Crippen LogP contribution in [0.4, 0.5) is 5.82 Å². The van der Waals surface area contributed by atoms with Gasteiger partial charge >= 0.3 is 0 Å². The number of imidazole rings is 1. The first-order valence-electron chi connectivity index (χ1n) is 9.18. The van der Waals surface area contributed by atoms with Crippen molar-refractivity contribution in [1.29, 1.82) is 0 Å². The standard InChI is InChI=1S/C21H25N3O2/c1-14-8-7-13-24-20(14)23-18(21(24)22-15-9-4-5-10-15)16-11-6-12-17(25-2)19(16)26-3/h6-8,11-13,15,22H,4-5,9-10H2,1-3H3. The van der Waals surface area contributed by atoms with Gasteiger partial charge in [0.15, 0.2) is 11.5 Å². The molecular weight excluding hydrogens is 326 g/mol. The number of anilines is 1. The van der Waals surface area contributed by atoms with E-state index < -0.39 is 0 Å². The highest BCUT2D eigenvalue weighted by Gasteiger charge is 2.23. The molecule has 0 unspecified atom stereocenters. The number of nitrogens with one attached hydrogen (secondary N) is 1. The summed E-state index contributed by atoms with van der Waals surface area (Å²) in [4.78, 5) is 4.97. The van der Waals surface area contributed by atoms with Crippen LogP contribution in [0.3, 0.4) is 0 Å². The van der Waals surface area contributed by atoms with Gasteiger partial charge in [0.25, 0.3) is 0 Å². The smallest absolute Gasteiger partial charge is 0.170 e. The lowest BCUT2D eigenvalue weighted by molar-refractivity contribution is 0.356. The highest BCUT2D eigenvalue weighted by Crippen LogP contribution is 2.41. The van der Waals surface area contributed by atoms with Crippen LogP contribution < -0.4 is 14.8 Å². The van der Waals surface area contributed by atoms with E-state index in [9.17, 15) is 0 Å². The molecule has 3 aromatic rings. The van der Waals surface area contributed by atoms with Crippen LogP contribution in [-0.2, 0) is 0 Å². The van der Waals surface area contributed by atoms with Crippen molar-refractivity contribution in [3.05, 3.63) is 42.1 Å². The molecule has 26 heavy (non-hydrogen) atoms. The summed E-state index contributed by atoms with van der Waals surface area (Å²) in [6, 6.07) is 10.6. The number of para-hydroxylation sites is 1. The zero-order valence-electron chi connectivity index (χ0n) is 15.6. The second-order valence-electron chi connectivity index (χ2n) is 6.86. The molecule has 0 spiro atoms. The summed E-state index contributed by atoms with van der Waals surface area (Å²) >= 11 is 0. The van der Waals surface area contributed by atoms with Crippen LogP contribution in [0.2, 0.25) is 0 Å². The number of benzene rings is 1. The molecule has 136 valence electrons. The van der Waals surface area contributed by atoms with Crippen molar-refractivity contribution in [2.45, 2.75) is 38.6 Å². The van der Waals surface area contributed by atoms with Crippen molar-refractivity contribution in [1.82, 2.24) is 9.38 Å². The van der Waals surface area contributed by atoms with E-state index in [1.807, 2.05) is 18.2 Å². The lowest BCUT2D eigenvalue weighted by atomic mass is 10.1. The molecule has 0 aliphatic heterocycles. The Hall–Kier alpha value is -2.69. The SMILES string of the molecule is COc1cccc(-c2nc3c(C)cccn3c2NC2CCCC2)c1OC. The molecule has 1 fully saturated rings. The van der Waals surface area contributed by atoms with Gasteiger partial charge in [-0.1, -0.05) is 25.0 Å². The van der Waals surface area contributed by atoms with Crippen LogP contribution in [0.15, 0.2) is 36.5 Å². The highest BCUT2D eigenvalue weighted by molar-refractivity contribution is 5.82. The Labute approximate surface area is 154 Å². The van der Waals surface area contributed by atoms with Crippen LogP contribution in [-0.4, -0.2) is 29.6 Å². The number of rotatable bonds is 5. The summed E-state index contributed by atoms with van der Waals surface area (Å²) in [6.45, 7) is 2.09. The molecule has 1 saturated carbocycles. The monoisotopic (exact) mass is 351 g/mol. The third-order valence-electron chi connectivity index (χ3n) is 5.20. The van der Waals surface area contributed by atoms with Crippen molar-refractivity contribution >= 4 is 11.5 Å². The Morgan fingerprint density at radius 2 is 1.88 bits per heavy atom. The fraction of sp³-hybridized carbons (Fsp3) is 0.381. The van der Waals surface area contributed by atoms with E-state index in [0.717, 1.165) is 28.3 Å². The molecule has 1 aliphatic carbocycles. The van der Waals surface area contributed by atoms with Crippen molar-refractivity contribution in [3.63, 3.8) is 0 Å². The van der Waals surface area contributed by atoms with Crippen LogP contribution in [0.25, 0.3) is 16.9 Å². The molecule has 5 heteroatoms. The summed E-state index contributed by atoms with van der Waals surface area (Å²) in [5, 5.41) is 3.75. The molecule has 2 aromatic heterocycles. The molecule has 1 aliphatic rings. The highest BCUT2D eigenvalue weighted by atomic mass is 16.5. The predicted molar refractivity (Wildman–Crippen MR) is 104 cm³/mol. The molecule has 4 rings (SSSR count). The number of aryl methyl sites for hydroxylation is 1. The van der Waals surface area contributed by atoms with E-state index >= 15 is 0 Å². The van der Waals surface area contributed by atoms with E-state index in [1.165, 1.54) is 25.7 Å². The largest absolute Gasteiger partial charge is 0.493 e. The van der Waals surface area contributed by atoms with Crippen LogP contribution >= 0.6 is 0 Å². The average Bonchev–Trinajstić information content (AvgIpc) is 3.30. The average molecular weight is 351 g/mol. The number of fused-ring (bicyclic) bond motifs is 1. The predicted octanol–water partition coefficient (Wildman–Crippen LogP) is 4.68. The van der Waals surface area contributed by atoms with Gasteiger partial charge in [0.05, 0.1) is 14.2 Å². The number of pyridine rings is 1. The van der Waals surface area contributed by atoms with E-state index in [0.29, 0.717) is 17.5 Å². The molecular formula is C21H25N3O2. The molecule has 1 N–H and O–H groups in total. The summed E-state index contributed by atoms with van der Waals surface area (Å²) in [5.74, 6) is 2.46. The molecule has 1 aromatic carbocycles. The molecule has 2 heterocycles. The molecule has 0 amide bonds. The number of hydrogen-bond acceptors (Lipinski definition) is 4. The Kier molecular flexibility index (Phi) is 4.45. The van der Waals surface area contributed by atoms with Crippen molar-refractivity contribution in [3.8, 4) is 22.8 Å². The van der Waals surface area contributed by atoms with Gasteiger partial charge < -0.3 is 14.8 Å². The van der Waals surface area contributed by atoms with Crippen molar-refractivity contribution < 1.29 is 9.47 Å². The number of nitrogens with zero attached hydrogens (tertiary/aromatic N) is 2. The Morgan fingerprint density at radius 3 is 2.62 bits per heavy atom. The third-order valence-corrected chi connectivity index (χ3v) is 5.20. The Morgan fingerprint density at radius 1 is 1.08 bits per heavy atom. The number of ether oxygens (including phenoxy) is 2. The number of hydrogen-bond donors (Lipinski definition) is 1. The molecule has 0 atom stereocenters. The van der Waals surface area contributed by atoms with Gasteiger partial charge in [0, 0.05) is 17.8 Å². The Balaban J connectivity index is 1.93. The topological polar surface area (TPSA) is 47.8 Å². The van der Waals surface area contributed by atoms with E-state index in [4.69, 9.17) is 14.5 Å². The molecule has 5 nitrogen and oxygen atoms in total. The fourth-order valence-corrected chi connectivity index (χ4v) is 3.87. The van der Waals surface area contributed by atoms with Crippen LogP contribution in [0.5, 0.6) is 11.5 Å². The lowest BCUT2D eigenvalue weighted by Gasteiger charge is -2.16. The van der Waals surface area contributed by atoms with Gasteiger partial charge in [0.1, 0.15) is 17.2 Å². The van der Waals surface area contributed by atoms with E-state index in [2.05, 4.69) is 35.0 Å². The zero-order valence-corrected chi connectivity index (χ0v) is 15.6. The maximum Gasteiger partial charge on any atom is 0.170 e. The van der Waals surface area contributed by atoms with Crippen LogP contribution in [0.1, 0.15) is 31.2 Å². The van der Waals surface area contributed by atoms with Gasteiger partial charge in [-0.3, -0.25) is 4.40 Å². The third kappa shape index (κ3) is 2.77. The maximum absolute atomic E-state index is 5.67. The first-order chi connectivity index (χ1) is 12.7. The number of aromatic nitrogens is 2. The van der Waals surface area contributed by atoms with Gasteiger partial charge in [-0.05, 0) is 43.5 Å². The summed E-state index contributed by atoms with van der Waals surface area (Å²) < 4.78 is 13.3. The Bertz CT molecular complexity index is 926. The summed E-state index contributed by atoms with van der Waals surface area (Å²) in [7, 11) is 3.33. The zero-order chi connectivity index (χ0) is 18.1. The molecule has 0 saturated heterocycles. The van der Waals surface area contributed by atoms with E-state index in [-0.39, 0.29) is 0 Å². The minimum atomic E-state index is 0.491. The van der Waals surface area contributed by atoms with Crippen molar-refractivity contribution in [2.24, 2.45) is 0 Å². The summed E-state index contributed by atoms with van der Waals surface area (Å²) in [6.07, 6.45) is 7.04. The summed E-state index contributed by atoms with van der Waals surface area (Å²) in [5.41, 5.74) is 3.96. The minimum absolute atomic E-state index is 0.491. The second kappa shape index (κ2) is 6.90. The normalized spacial score (nSPS) is 14.7. The minimum Gasteiger partial charge on any atom is -0.493 e. The van der Waals surface area contributed by atoms with Crippen molar-refractivity contribution in [2.75, 3.05) is 19.5 Å². The first kappa shape index (κ1) is 16.8. The van der Waals surface area contributed by atoms with Gasteiger partial charge in [0.2, 0.25) is 0 Å². The van der Waals surface area contributed by atoms with Crippen LogP contribution in [0, 0.1) is 6.92 Å². The van der Waals surface area contributed by atoms with Gasteiger partial charge in [-0.25, -0.2) is 4.98 Å². The first-order valence-corrected chi connectivity index (χ1v) is 9.18.